The molecule has 0 amide bonds. The van der Waals surface area contributed by atoms with Gasteiger partial charge in [0.15, 0.2) is 0 Å². The van der Waals surface area contributed by atoms with Crippen LogP contribution in [0.5, 0.6) is 0 Å². The molecule has 3 heteroatoms. The summed E-state index contributed by atoms with van der Waals surface area (Å²) in [5.74, 6) is 0. The lowest BCUT2D eigenvalue weighted by Crippen LogP contribution is -1.98. The van der Waals surface area contributed by atoms with Crippen LogP contribution >= 0.6 is 0 Å². The number of nitrogens with zero attached hydrogens (tertiary/aromatic N) is 3. The normalized spacial score (nSPS) is 10.1. The summed E-state index contributed by atoms with van der Waals surface area (Å²) in [5, 5.41) is 18.2. The Labute approximate surface area is 88.4 Å². The zero-order chi connectivity index (χ0) is 10.7. The molecule has 0 radical (unpaired) electrons. The maximum atomic E-state index is 9.13. The number of aromatic nitrogens is 2. The number of hydrogen-bond donors (Lipinski definition) is 0. The van der Waals surface area contributed by atoms with Gasteiger partial charge in [-0.25, -0.2) is 0 Å². The van der Waals surface area contributed by atoms with E-state index >= 15 is 0 Å². The van der Waals surface area contributed by atoms with Crippen molar-refractivity contribution in [1.29, 1.82) is 5.26 Å². The zero-order valence-corrected chi connectivity index (χ0v) is 8.57. The van der Waals surface area contributed by atoms with Crippen LogP contribution in [-0.4, -0.2) is 10.2 Å². The molecule has 2 rings (SSSR count). The van der Waals surface area contributed by atoms with Gasteiger partial charge in [0.05, 0.1) is 16.8 Å². The standard InChI is InChI=1S/C12H11N3/c1-2-5-11-10(8-13)9-6-3-4-7-12(9)15-14-11/h3-4,6-7H,2,5H2,1H3. The first-order valence-electron chi connectivity index (χ1n) is 5.01. The van der Waals surface area contributed by atoms with Crippen LogP contribution in [0.2, 0.25) is 0 Å². The quantitative estimate of drug-likeness (QED) is 0.743. The number of rotatable bonds is 2. The number of fused-ring (bicyclic) bond motifs is 1. The zero-order valence-electron chi connectivity index (χ0n) is 8.57. The third-order valence-electron chi connectivity index (χ3n) is 2.34. The van der Waals surface area contributed by atoms with Gasteiger partial charge in [0.2, 0.25) is 0 Å². The van der Waals surface area contributed by atoms with Crippen LogP contribution in [0.15, 0.2) is 24.3 Å². The van der Waals surface area contributed by atoms with E-state index in [4.69, 9.17) is 5.26 Å². The highest BCUT2D eigenvalue weighted by molar-refractivity contribution is 5.84. The Morgan fingerprint density at radius 3 is 2.80 bits per heavy atom. The Morgan fingerprint density at radius 2 is 2.07 bits per heavy atom. The molecule has 3 nitrogen and oxygen atoms in total. The average molecular weight is 197 g/mol. The second-order valence-electron chi connectivity index (χ2n) is 3.40. The fourth-order valence-corrected chi connectivity index (χ4v) is 1.63. The lowest BCUT2D eigenvalue weighted by atomic mass is 10.1. The van der Waals surface area contributed by atoms with Gasteiger partial charge in [-0.2, -0.15) is 15.5 Å². The van der Waals surface area contributed by atoms with E-state index in [1.807, 2.05) is 24.3 Å². The summed E-state index contributed by atoms with van der Waals surface area (Å²) in [5.41, 5.74) is 2.26. The molecule has 0 atom stereocenters. The monoisotopic (exact) mass is 197 g/mol. The molecular weight excluding hydrogens is 186 g/mol. The summed E-state index contributed by atoms with van der Waals surface area (Å²) in [7, 11) is 0. The smallest absolute Gasteiger partial charge is 0.102 e. The van der Waals surface area contributed by atoms with E-state index in [1.165, 1.54) is 0 Å². The summed E-state index contributed by atoms with van der Waals surface area (Å²) in [6.07, 6.45) is 1.78. The molecule has 0 aliphatic rings. The van der Waals surface area contributed by atoms with Gasteiger partial charge in [0.25, 0.3) is 0 Å². The predicted octanol–water partition coefficient (Wildman–Crippen LogP) is 2.45. The summed E-state index contributed by atoms with van der Waals surface area (Å²) in [6.45, 7) is 2.07. The van der Waals surface area contributed by atoms with Crippen LogP contribution < -0.4 is 0 Å². The third kappa shape index (κ3) is 1.66. The van der Waals surface area contributed by atoms with Gasteiger partial charge in [-0.1, -0.05) is 31.5 Å². The van der Waals surface area contributed by atoms with E-state index in [-0.39, 0.29) is 0 Å². The van der Waals surface area contributed by atoms with Gasteiger partial charge in [0.1, 0.15) is 6.07 Å². The van der Waals surface area contributed by atoms with Crippen LogP contribution in [0.4, 0.5) is 0 Å². The molecule has 74 valence electrons. The first kappa shape index (κ1) is 9.60. The molecule has 2 aromatic rings. The lowest BCUT2D eigenvalue weighted by molar-refractivity contribution is 0.846. The van der Waals surface area contributed by atoms with Crippen molar-refractivity contribution in [3.63, 3.8) is 0 Å². The van der Waals surface area contributed by atoms with Crippen LogP contribution in [0, 0.1) is 11.3 Å². The first-order chi connectivity index (χ1) is 7.36. The predicted molar refractivity (Wildman–Crippen MR) is 58.2 cm³/mol. The molecule has 0 aliphatic carbocycles. The number of aryl methyl sites for hydroxylation is 1. The Balaban J connectivity index is 2.71. The molecule has 0 N–H and O–H groups in total. The second-order valence-corrected chi connectivity index (χ2v) is 3.40. The van der Waals surface area contributed by atoms with Crippen molar-refractivity contribution >= 4 is 10.9 Å². The van der Waals surface area contributed by atoms with Gasteiger partial charge in [-0.15, -0.1) is 0 Å². The van der Waals surface area contributed by atoms with Crippen molar-refractivity contribution in [3.8, 4) is 6.07 Å². The van der Waals surface area contributed by atoms with Crippen LogP contribution in [-0.2, 0) is 6.42 Å². The average Bonchev–Trinajstić information content (AvgIpc) is 2.29. The van der Waals surface area contributed by atoms with Crippen molar-refractivity contribution < 1.29 is 0 Å². The van der Waals surface area contributed by atoms with Crippen molar-refractivity contribution in [1.82, 2.24) is 10.2 Å². The van der Waals surface area contributed by atoms with Gasteiger partial charge in [0, 0.05) is 5.39 Å². The van der Waals surface area contributed by atoms with Gasteiger partial charge >= 0.3 is 0 Å². The largest absolute Gasteiger partial charge is 0.192 e. The number of hydrogen-bond acceptors (Lipinski definition) is 3. The first-order valence-corrected chi connectivity index (χ1v) is 5.01. The minimum absolute atomic E-state index is 0.669. The maximum Gasteiger partial charge on any atom is 0.102 e. The van der Waals surface area contributed by atoms with Gasteiger partial charge < -0.3 is 0 Å². The highest BCUT2D eigenvalue weighted by Crippen LogP contribution is 2.18. The molecule has 0 spiro atoms. The highest BCUT2D eigenvalue weighted by atomic mass is 15.1. The molecule has 1 heterocycles. The summed E-state index contributed by atoms with van der Waals surface area (Å²) in [4.78, 5) is 0. The molecule has 0 aliphatic heterocycles. The number of benzene rings is 1. The highest BCUT2D eigenvalue weighted by Gasteiger charge is 2.08. The SMILES string of the molecule is CCCc1nnc2ccccc2c1C#N. The molecule has 1 aromatic carbocycles. The molecule has 0 unspecified atom stereocenters. The van der Waals surface area contributed by atoms with E-state index in [9.17, 15) is 0 Å². The van der Waals surface area contributed by atoms with Crippen molar-refractivity contribution in [3.05, 3.63) is 35.5 Å². The summed E-state index contributed by atoms with van der Waals surface area (Å²) < 4.78 is 0. The Bertz CT molecular complexity index is 526. The maximum absolute atomic E-state index is 9.13. The van der Waals surface area contributed by atoms with E-state index in [0.29, 0.717) is 5.56 Å². The van der Waals surface area contributed by atoms with E-state index in [1.54, 1.807) is 0 Å². The molecular formula is C12H11N3. The molecule has 0 fully saturated rings. The minimum atomic E-state index is 0.669. The Hall–Kier alpha value is -1.95. The molecule has 0 saturated heterocycles. The number of nitriles is 1. The van der Waals surface area contributed by atoms with Crippen LogP contribution in [0.25, 0.3) is 10.9 Å². The fourth-order valence-electron chi connectivity index (χ4n) is 1.63. The van der Waals surface area contributed by atoms with E-state index < -0.39 is 0 Å². The van der Waals surface area contributed by atoms with Crippen LogP contribution in [0.3, 0.4) is 0 Å². The summed E-state index contributed by atoms with van der Waals surface area (Å²) >= 11 is 0. The lowest BCUT2D eigenvalue weighted by Gasteiger charge is -2.03. The summed E-state index contributed by atoms with van der Waals surface area (Å²) in [6, 6.07) is 9.83. The van der Waals surface area contributed by atoms with Crippen molar-refractivity contribution in [2.75, 3.05) is 0 Å². The molecule has 0 bridgehead atoms. The van der Waals surface area contributed by atoms with Crippen molar-refractivity contribution in [2.24, 2.45) is 0 Å². The van der Waals surface area contributed by atoms with E-state index in [0.717, 1.165) is 29.4 Å². The van der Waals surface area contributed by atoms with Gasteiger partial charge in [-0.05, 0) is 12.5 Å². The molecule has 1 aromatic heterocycles. The topological polar surface area (TPSA) is 49.6 Å². The van der Waals surface area contributed by atoms with Crippen molar-refractivity contribution in [2.45, 2.75) is 19.8 Å². The van der Waals surface area contributed by atoms with E-state index in [2.05, 4.69) is 23.2 Å². The molecule has 0 saturated carbocycles. The minimum Gasteiger partial charge on any atom is -0.192 e. The third-order valence-corrected chi connectivity index (χ3v) is 2.34. The Morgan fingerprint density at radius 1 is 1.27 bits per heavy atom. The Kier molecular flexibility index (Phi) is 2.59. The van der Waals surface area contributed by atoms with Gasteiger partial charge in [-0.3, -0.25) is 0 Å². The molecule has 15 heavy (non-hydrogen) atoms. The van der Waals surface area contributed by atoms with Crippen LogP contribution in [0.1, 0.15) is 24.6 Å². The fraction of sp³-hybridized carbons (Fsp3) is 0.250. The second kappa shape index (κ2) is 4.05.